The molecule has 3 nitrogen and oxygen atoms in total. The van der Waals surface area contributed by atoms with Crippen molar-refractivity contribution in [2.75, 3.05) is 7.11 Å². The van der Waals surface area contributed by atoms with Gasteiger partial charge in [-0.3, -0.25) is 4.99 Å². The quantitative estimate of drug-likeness (QED) is 0.683. The molecule has 2 spiro atoms. The highest BCUT2D eigenvalue weighted by Crippen LogP contribution is 2.64. The van der Waals surface area contributed by atoms with Gasteiger partial charge >= 0.3 is 0 Å². The van der Waals surface area contributed by atoms with Gasteiger partial charge in [-0.25, -0.2) is 0 Å². The molecule has 2 N–H and O–H groups in total. The minimum atomic E-state index is -0.399. The van der Waals surface area contributed by atoms with Crippen LogP contribution in [0.4, 0.5) is 0 Å². The normalized spacial score (nSPS) is 30.6. The number of aliphatic imine (C=N–C) groups is 1. The van der Waals surface area contributed by atoms with E-state index in [1.807, 2.05) is 7.11 Å². The van der Waals surface area contributed by atoms with Crippen LogP contribution in [0.2, 0.25) is 0 Å². The molecule has 158 valence electrons. The summed E-state index contributed by atoms with van der Waals surface area (Å²) in [6.45, 7) is 2.17. The number of methoxy groups -OCH3 is 1. The summed E-state index contributed by atoms with van der Waals surface area (Å²) in [6, 6.07) is 13.5. The maximum atomic E-state index is 6.59. The molecule has 2 aromatic carbocycles. The number of nitrogens with zero attached hydrogens (tertiary/aromatic N) is 1. The Bertz CT molecular complexity index is 1160. The van der Waals surface area contributed by atoms with Crippen LogP contribution < -0.4 is 5.73 Å². The van der Waals surface area contributed by atoms with Crippen molar-refractivity contribution >= 4 is 5.84 Å². The second-order valence-electron chi connectivity index (χ2n) is 10.1. The minimum absolute atomic E-state index is 0.0522. The van der Waals surface area contributed by atoms with E-state index in [9.17, 15) is 0 Å². The molecule has 2 saturated carbocycles. The number of ether oxygens (including phenoxy) is 1. The highest BCUT2D eigenvalue weighted by Gasteiger charge is 2.62. The molecule has 3 aliphatic carbocycles. The van der Waals surface area contributed by atoms with Crippen molar-refractivity contribution in [3.05, 3.63) is 69.8 Å². The van der Waals surface area contributed by atoms with Crippen molar-refractivity contribution in [1.29, 1.82) is 0 Å². The van der Waals surface area contributed by atoms with E-state index < -0.39 is 5.54 Å². The van der Waals surface area contributed by atoms with Crippen LogP contribution in [0.25, 0.3) is 0 Å². The molecular formula is C28H30N2O. The molecule has 1 heterocycles. The maximum absolute atomic E-state index is 6.59. The van der Waals surface area contributed by atoms with Gasteiger partial charge in [0.2, 0.25) is 0 Å². The van der Waals surface area contributed by atoms with Crippen LogP contribution >= 0.6 is 0 Å². The molecule has 31 heavy (non-hydrogen) atoms. The fraction of sp³-hybridized carbons (Fsp3) is 0.464. The first-order chi connectivity index (χ1) is 15.0. The minimum Gasteiger partial charge on any atom is -0.383 e. The fourth-order valence-electron chi connectivity index (χ4n) is 6.35. The summed E-state index contributed by atoms with van der Waals surface area (Å²) in [4.78, 5) is 5.35. The van der Waals surface area contributed by atoms with Gasteiger partial charge < -0.3 is 10.5 Å². The molecule has 0 amide bonds. The Balaban J connectivity index is 1.56. The Morgan fingerprint density at radius 1 is 1.03 bits per heavy atom. The van der Waals surface area contributed by atoms with Crippen LogP contribution in [0.1, 0.15) is 71.9 Å². The van der Waals surface area contributed by atoms with Crippen molar-refractivity contribution in [2.24, 2.45) is 22.1 Å². The zero-order valence-electron chi connectivity index (χ0n) is 18.5. The van der Waals surface area contributed by atoms with Crippen LogP contribution in [0.3, 0.4) is 0 Å². The number of benzene rings is 2. The van der Waals surface area contributed by atoms with Gasteiger partial charge in [-0.05, 0) is 80.7 Å². The molecule has 6 rings (SSSR count). The number of hydrogen-bond donors (Lipinski definition) is 1. The molecular weight excluding hydrogens is 380 g/mol. The lowest BCUT2D eigenvalue weighted by molar-refractivity contribution is 0.00684. The number of nitrogens with two attached hydrogens (primary N) is 1. The second-order valence-corrected chi connectivity index (χ2v) is 10.1. The lowest BCUT2D eigenvalue weighted by atomic mass is 9.59. The third-order valence-corrected chi connectivity index (χ3v) is 8.15. The number of fused-ring (bicyclic) bond motifs is 5. The van der Waals surface area contributed by atoms with Crippen molar-refractivity contribution in [1.82, 2.24) is 0 Å². The van der Waals surface area contributed by atoms with E-state index in [1.54, 1.807) is 0 Å². The smallest absolute Gasteiger partial charge is 0.127 e. The number of amidine groups is 1. The Morgan fingerprint density at radius 2 is 1.84 bits per heavy atom. The highest BCUT2D eigenvalue weighted by atomic mass is 16.5. The Hall–Kier alpha value is -2.57. The van der Waals surface area contributed by atoms with Crippen molar-refractivity contribution in [3.63, 3.8) is 0 Å². The van der Waals surface area contributed by atoms with Crippen LogP contribution in [0.15, 0.2) is 41.4 Å². The molecule has 0 bridgehead atoms. The maximum Gasteiger partial charge on any atom is 0.127 e. The lowest BCUT2D eigenvalue weighted by Crippen LogP contribution is -2.45. The van der Waals surface area contributed by atoms with Crippen molar-refractivity contribution in [2.45, 2.75) is 63.5 Å². The number of aryl methyl sites for hydroxylation is 1. The molecule has 2 fully saturated rings. The molecule has 0 aromatic heterocycles. The van der Waals surface area contributed by atoms with Crippen molar-refractivity contribution < 1.29 is 4.74 Å². The van der Waals surface area contributed by atoms with E-state index >= 15 is 0 Å². The summed E-state index contributed by atoms with van der Waals surface area (Å²) >= 11 is 0. The zero-order chi connectivity index (χ0) is 21.2. The van der Waals surface area contributed by atoms with E-state index in [2.05, 4.69) is 55.2 Å². The van der Waals surface area contributed by atoms with Gasteiger partial charge in [0.25, 0.3) is 0 Å². The molecule has 0 radical (unpaired) electrons. The van der Waals surface area contributed by atoms with Gasteiger partial charge in [0.1, 0.15) is 11.4 Å². The summed E-state index contributed by atoms with van der Waals surface area (Å²) < 4.78 is 5.73. The largest absolute Gasteiger partial charge is 0.383 e. The SMILES string of the molecule is COC1CCC2(CC1)Cc1ccc(C#CC3CC3)cc1C21N=C(N)c2ccc(C)cc21. The van der Waals surface area contributed by atoms with Gasteiger partial charge in [-0.15, -0.1) is 0 Å². The topological polar surface area (TPSA) is 47.6 Å². The Morgan fingerprint density at radius 3 is 2.58 bits per heavy atom. The van der Waals surface area contributed by atoms with E-state index in [4.69, 9.17) is 15.5 Å². The first-order valence-corrected chi connectivity index (χ1v) is 11.7. The van der Waals surface area contributed by atoms with Gasteiger partial charge in [0.05, 0.1) is 6.10 Å². The molecule has 1 unspecified atom stereocenters. The third-order valence-electron chi connectivity index (χ3n) is 8.15. The van der Waals surface area contributed by atoms with E-state index in [0.29, 0.717) is 17.9 Å². The zero-order valence-corrected chi connectivity index (χ0v) is 18.5. The van der Waals surface area contributed by atoms with Gasteiger partial charge in [-0.2, -0.15) is 0 Å². The number of hydrogen-bond acceptors (Lipinski definition) is 3. The summed E-state index contributed by atoms with van der Waals surface area (Å²) in [6.07, 6.45) is 8.28. The van der Waals surface area contributed by atoms with E-state index in [0.717, 1.165) is 43.2 Å². The standard InChI is InChI=1S/C28H30N2O/c1-18-3-10-23-25(15-18)28(30-26(23)29)24-16-20(7-6-19-4-5-19)8-9-21(24)17-27(28)13-11-22(31-2)12-14-27/h3,8-10,15-16,19,22H,4-5,11-14,17H2,1-2H3,(H2,29,30). The number of rotatable bonds is 1. The molecule has 4 aliphatic rings. The van der Waals surface area contributed by atoms with Crippen LogP contribution in [-0.4, -0.2) is 19.0 Å². The summed E-state index contributed by atoms with van der Waals surface area (Å²) in [7, 11) is 1.84. The molecule has 0 saturated heterocycles. The first kappa shape index (κ1) is 19.1. The van der Waals surface area contributed by atoms with E-state index in [1.165, 1.54) is 35.1 Å². The predicted molar refractivity (Wildman–Crippen MR) is 124 cm³/mol. The van der Waals surface area contributed by atoms with Gasteiger partial charge in [-0.1, -0.05) is 41.7 Å². The van der Waals surface area contributed by atoms with Crippen LogP contribution in [-0.2, 0) is 16.7 Å². The summed E-state index contributed by atoms with van der Waals surface area (Å²) in [5.74, 6) is 8.17. The second kappa shape index (κ2) is 6.71. The monoisotopic (exact) mass is 410 g/mol. The average molecular weight is 411 g/mol. The molecule has 2 aromatic rings. The first-order valence-electron chi connectivity index (χ1n) is 11.7. The molecule has 1 aliphatic heterocycles. The third kappa shape index (κ3) is 2.74. The van der Waals surface area contributed by atoms with Gasteiger partial charge in [0.15, 0.2) is 0 Å². The lowest BCUT2D eigenvalue weighted by Gasteiger charge is -2.47. The summed E-state index contributed by atoms with van der Waals surface area (Å²) in [5.41, 5.74) is 13.8. The van der Waals surface area contributed by atoms with Gasteiger partial charge in [0, 0.05) is 29.6 Å². The molecule has 1 atom stereocenters. The average Bonchev–Trinajstić information content (AvgIpc) is 3.52. The van der Waals surface area contributed by atoms with Crippen molar-refractivity contribution in [3.8, 4) is 11.8 Å². The van der Waals surface area contributed by atoms with Crippen LogP contribution in [0.5, 0.6) is 0 Å². The summed E-state index contributed by atoms with van der Waals surface area (Å²) in [5, 5.41) is 0. The Labute approximate surface area is 185 Å². The highest BCUT2D eigenvalue weighted by molar-refractivity contribution is 6.03. The predicted octanol–water partition coefficient (Wildman–Crippen LogP) is 4.85. The van der Waals surface area contributed by atoms with E-state index in [-0.39, 0.29) is 5.41 Å². The van der Waals surface area contributed by atoms with Crippen LogP contribution in [0, 0.1) is 30.1 Å². The molecule has 3 heteroatoms. The fourth-order valence-corrected chi connectivity index (χ4v) is 6.35. The Kier molecular flexibility index (Phi) is 4.14.